The van der Waals surface area contributed by atoms with Crippen molar-refractivity contribution in [2.45, 2.75) is 19.7 Å². The summed E-state index contributed by atoms with van der Waals surface area (Å²) in [4.78, 5) is 4.24. The van der Waals surface area contributed by atoms with Crippen LogP contribution in [0.25, 0.3) is 0 Å². The molecule has 0 fully saturated rings. The monoisotopic (exact) mass is 308 g/mol. The van der Waals surface area contributed by atoms with Crippen molar-refractivity contribution < 1.29 is 4.74 Å². The van der Waals surface area contributed by atoms with Crippen molar-refractivity contribution in [3.8, 4) is 5.75 Å². The minimum atomic E-state index is 0.488. The van der Waals surface area contributed by atoms with Gasteiger partial charge in [0.25, 0.3) is 0 Å². The van der Waals surface area contributed by atoms with Crippen molar-refractivity contribution in [3.05, 3.63) is 78.4 Å². The van der Waals surface area contributed by atoms with E-state index in [1.54, 1.807) is 12.4 Å². The Bertz CT molecular complexity index is 681. The largest absolute Gasteiger partial charge is 0.487 e. The highest BCUT2D eigenvalue weighted by molar-refractivity contribution is 5.27. The Morgan fingerprint density at radius 3 is 2.65 bits per heavy atom. The number of rotatable bonds is 8. The van der Waals surface area contributed by atoms with Crippen LogP contribution >= 0.6 is 0 Å². The summed E-state index contributed by atoms with van der Waals surface area (Å²) < 4.78 is 7.65. The highest BCUT2D eigenvalue weighted by Crippen LogP contribution is 2.13. The molecule has 0 aliphatic rings. The molecule has 1 aromatic carbocycles. The van der Waals surface area contributed by atoms with E-state index in [4.69, 9.17) is 4.74 Å². The summed E-state index contributed by atoms with van der Waals surface area (Å²) in [6.07, 6.45) is 5.54. The van der Waals surface area contributed by atoms with Crippen LogP contribution in [-0.2, 0) is 19.7 Å². The topological polar surface area (TPSA) is 52.0 Å². The molecule has 0 unspecified atom stereocenters. The minimum Gasteiger partial charge on any atom is -0.487 e. The zero-order valence-electron chi connectivity index (χ0n) is 12.9. The molecule has 0 saturated carbocycles. The van der Waals surface area contributed by atoms with Crippen molar-refractivity contribution in [2.24, 2.45) is 0 Å². The van der Waals surface area contributed by atoms with E-state index in [2.05, 4.69) is 27.5 Å². The fourth-order valence-corrected chi connectivity index (χ4v) is 2.20. The van der Waals surface area contributed by atoms with Crippen LogP contribution in [0.2, 0.25) is 0 Å². The van der Waals surface area contributed by atoms with Gasteiger partial charge >= 0.3 is 0 Å². The zero-order chi connectivity index (χ0) is 15.7. The molecular formula is C18H20N4O. The number of pyridine rings is 1. The van der Waals surface area contributed by atoms with Crippen molar-refractivity contribution >= 4 is 0 Å². The van der Waals surface area contributed by atoms with E-state index < -0.39 is 0 Å². The quantitative estimate of drug-likeness (QED) is 0.650. The predicted octanol–water partition coefficient (Wildman–Crippen LogP) is 2.65. The van der Waals surface area contributed by atoms with Gasteiger partial charge in [-0.3, -0.25) is 9.67 Å². The van der Waals surface area contributed by atoms with Crippen molar-refractivity contribution in [2.75, 3.05) is 6.54 Å². The Kier molecular flexibility index (Phi) is 5.37. The summed E-state index contributed by atoms with van der Waals surface area (Å²) in [5, 5.41) is 7.58. The summed E-state index contributed by atoms with van der Waals surface area (Å²) in [5.74, 6) is 0.857. The number of nitrogens with zero attached hydrogens (tertiary/aromatic N) is 3. The minimum absolute atomic E-state index is 0.488. The molecule has 2 heterocycles. The van der Waals surface area contributed by atoms with Gasteiger partial charge in [0.15, 0.2) is 0 Å². The third-order valence-corrected chi connectivity index (χ3v) is 3.44. The summed E-state index contributed by atoms with van der Waals surface area (Å²) >= 11 is 0. The summed E-state index contributed by atoms with van der Waals surface area (Å²) in [6, 6.07) is 15.9. The average Bonchev–Trinajstić information content (AvgIpc) is 3.12. The van der Waals surface area contributed by atoms with E-state index >= 15 is 0 Å². The van der Waals surface area contributed by atoms with Crippen LogP contribution in [-0.4, -0.2) is 21.3 Å². The third kappa shape index (κ3) is 4.93. The molecule has 0 spiro atoms. The molecule has 0 saturated heterocycles. The number of aromatic nitrogens is 3. The van der Waals surface area contributed by atoms with Gasteiger partial charge in [-0.2, -0.15) is 5.10 Å². The highest BCUT2D eigenvalue weighted by atomic mass is 16.5. The number of nitrogens with one attached hydrogen (secondary N) is 1. The Hall–Kier alpha value is -2.66. The van der Waals surface area contributed by atoms with Gasteiger partial charge in [0.05, 0.1) is 12.2 Å². The Labute approximate surface area is 135 Å². The van der Waals surface area contributed by atoms with Crippen molar-refractivity contribution in [3.63, 3.8) is 0 Å². The average molecular weight is 308 g/mol. The van der Waals surface area contributed by atoms with Gasteiger partial charge in [0.1, 0.15) is 12.4 Å². The summed E-state index contributed by atoms with van der Waals surface area (Å²) in [7, 11) is 0. The first-order chi connectivity index (χ1) is 11.4. The number of hydrogen-bond acceptors (Lipinski definition) is 4. The summed E-state index contributed by atoms with van der Waals surface area (Å²) in [5.41, 5.74) is 2.16. The van der Waals surface area contributed by atoms with E-state index in [0.717, 1.165) is 31.1 Å². The maximum Gasteiger partial charge on any atom is 0.130 e. The molecule has 23 heavy (non-hydrogen) atoms. The first kappa shape index (κ1) is 15.2. The summed E-state index contributed by atoms with van der Waals surface area (Å²) in [6.45, 7) is 3.09. The van der Waals surface area contributed by atoms with E-state index in [1.165, 1.54) is 5.56 Å². The molecule has 0 aliphatic carbocycles. The molecule has 5 nitrogen and oxygen atoms in total. The zero-order valence-corrected chi connectivity index (χ0v) is 12.9. The molecular weight excluding hydrogens is 288 g/mol. The molecule has 3 aromatic rings. The fraction of sp³-hybridized carbons (Fsp3) is 0.222. The van der Waals surface area contributed by atoms with E-state index in [9.17, 15) is 0 Å². The van der Waals surface area contributed by atoms with Gasteiger partial charge in [-0.15, -0.1) is 0 Å². The van der Waals surface area contributed by atoms with Gasteiger partial charge in [-0.1, -0.05) is 18.2 Å². The van der Waals surface area contributed by atoms with Crippen LogP contribution in [0, 0.1) is 0 Å². The van der Waals surface area contributed by atoms with Crippen LogP contribution in [0.3, 0.4) is 0 Å². The molecule has 0 radical (unpaired) electrons. The fourth-order valence-electron chi connectivity index (χ4n) is 2.20. The second-order valence-electron chi connectivity index (χ2n) is 5.20. The lowest BCUT2D eigenvalue weighted by Gasteiger charge is -2.08. The Morgan fingerprint density at radius 1 is 1.00 bits per heavy atom. The Balaban J connectivity index is 1.40. The highest BCUT2D eigenvalue weighted by Gasteiger charge is 1.98. The Morgan fingerprint density at radius 2 is 1.91 bits per heavy atom. The van der Waals surface area contributed by atoms with E-state index in [-0.39, 0.29) is 0 Å². The lowest BCUT2D eigenvalue weighted by atomic mass is 10.2. The van der Waals surface area contributed by atoms with Crippen LogP contribution in [0.5, 0.6) is 5.75 Å². The third-order valence-electron chi connectivity index (χ3n) is 3.44. The van der Waals surface area contributed by atoms with Gasteiger partial charge in [-0.05, 0) is 35.9 Å². The molecule has 118 valence electrons. The van der Waals surface area contributed by atoms with Crippen molar-refractivity contribution in [1.29, 1.82) is 0 Å². The van der Waals surface area contributed by atoms with Gasteiger partial charge in [0.2, 0.25) is 0 Å². The normalized spacial score (nSPS) is 10.6. The molecule has 2 aromatic heterocycles. The smallest absolute Gasteiger partial charge is 0.130 e. The maximum absolute atomic E-state index is 5.73. The molecule has 3 rings (SSSR count). The van der Waals surface area contributed by atoms with E-state index in [1.807, 2.05) is 47.3 Å². The van der Waals surface area contributed by atoms with Crippen LogP contribution in [0.1, 0.15) is 11.3 Å². The number of ether oxygens (including phenoxy) is 1. The SMILES string of the molecule is c1ccc(COc2ccc(CNCCn3cccn3)cc2)nc1. The lowest BCUT2D eigenvalue weighted by Crippen LogP contribution is -2.19. The molecule has 5 heteroatoms. The van der Waals surface area contributed by atoms with Crippen LogP contribution < -0.4 is 10.1 Å². The number of benzene rings is 1. The molecule has 0 atom stereocenters. The molecule has 0 aliphatic heterocycles. The van der Waals surface area contributed by atoms with Crippen LogP contribution in [0.15, 0.2) is 67.1 Å². The standard InChI is InChI=1S/C18H20N4O/c1-2-9-20-17(4-1)15-23-18-7-5-16(6-8-18)14-19-11-13-22-12-3-10-21-22/h1-10,12,19H,11,13-15H2. The van der Waals surface area contributed by atoms with Gasteiger partial charge in [-0.25, -0.2) is 0 Å². The molecule has 1 N–H and O–H groups in total. The first-order valence-electron chi connectivity index (χ1n) is 7.70. The van der Waals surface area contributed by atoms with Gasteiger partial charge in [0, 0.05) is 31.7 Å². The van der Waals surface area contributed by atoms with E-state index in [0.29, 0.717) is 6.61 Å². The maximum atomic E-state index is 5.73. The van der Waals surface area contributed by atoms with Crippen LogP contribution in [0.4, 0.5) is 0 Å². The second kappa shape index (κ2) is 8.10. The number of hydrogen-bond donors (Lipinski definition) is 1. The molecule has 0 amide bonds. The first-order valence-corrected chi connectivity index (χ1v) is 7.70. The van der Waals surface area contributed by atoms with Crippen molar-refractivity contribution in [1.82, 2.24) is 20.1 Å². The van der Waals surface area contributed by atoms with Gasteiger partial charge < -0.3 is 10.1 Å². The molecule has 0 bridgehead atoms. The second-order valence-corrected chi connectivity index (χ2v) is 5.20. The lowest BCUT2D eigenvalue weighted by molar-refractivity contribution is 0.301. The predicted molar refractivity (Wildman–Crippen MR) is 88.9 cm³/mol.